The molecule has 7 heteroatoms. The lowest BCUT2D eigenvalue weighted by Gasteiger charge is -2.27. The lowest BCUT2D eigenvalue weighted by molar-refractivity contribution is -0.123. The zero-order valence-corrected chi connectivity index (χ0v) is 13.2. The van der Waals surface area contributed by atoms with Gasteiger partial charge in [0.05, 0.1) is 33.8 Å². The molecule has 0 aliphatic carbocycles. The SMILES string of the molecule is CCC(C)(NC(=O)c1cc(Cl)c(N)c(Cl)c1)C(=O)CC#N. The number of amides is 1. The fraction of sp³-hybridized carbons (Fsp3) is 0.357. The van der Waals surface area contributed by atoms with Gasteiger partial charge in [-0.15, -0.1) is 0 Å². The number of rotatable bonds is 5. The van der Waals surface area contributed by atoms with Crippen LogP contribution in [0.25, 0.3) is 0 Å². The van der Waals surface area contributed by atoms with E-state index in [9.17, 15) is 9.59 Å². The van der Waals surface area contributed by atoms with Gasteiger partial charge < -0.3 is 11.1 Å². The first-order valence-electron chi connectivity index (χ1n) is 6.22. The predicted octanol–water partition coefficient (Wildman–Crippen LogP) is 2.96. The number of nitriles is 1. The summed E-state index contributed by atoms with van der Waals surface area (Å²) in [5.41, 5.74) is 4.87. The average Bonchev–Trinajstić information content (AvgIpc) is 2.44. The second-order valence-corrected chi connectivity index (χ2v) is 5.57. The number of nitrogens with one attached hydrogen (secondary N) is 1. The van der Waals surface area contributed by atoms with E-state index < -0.39 is 11.4 Å². The average molecular weight is 328 g/mol. The van der Waals surface area contributed by atoms with E-state index in [2.05, 4.69) is 5.32 Å². The van der Waals surface area contributed by atoms with E-state index in [0.717, 1.165) is 0 Å². The number of anilines is 1. The van der Waals surface area contributed by atoms with Gasteiger partial charge in [-0.1, -0.05) is 30.1 Å². The number of nitrogens with two attached hydrogens (primary N) is 1. The monoisotopic (exact) mass is 327 g/mol. The lowest BCUT2D eigenvalue weighted by Crippen LogP contribution is -2.51. The summed E-state index contributed by atoms with van der Waals surface area (Å²) in [6, 6.07) is 4.54. The van der Waals surface area contributed by atoms with Crippen molar-refractivity contribution < 1.29 is 9.59 Å². The van der Waals surface area contributed by atoms with Crippen molar-refractivity contribution in [3.05, 3.63) is 27.7 Å². The highest BCUT2D eigenvalue weighted by Crippen LogP contribution is 2.29. The number of halogens is 2. The fourth-order valence-corrected chi connectivity index (χ4v) is 2.15. The van der Waals surface area contributed by atoms with Gasteiger partial charge in [0.25, 0.3) is 5.91 Å². The summed E-state index contributed by atoms with van der Waals surface area (Å²) in [4.78, 5) is 24.2. The Kier molecular flexibility index (Phi) is 5.59. The molecular formula is C14H15Cl2N3O2. The van der Waals surface area contributed by atoms with Gasteiger partial charge in [-0.05, 0) is 25.5 Å². The Balaban J connectivity index is 3.04. The van der Waals surface area contributed by atoms with Crippen LogP contribution >= 0.6 is 23.2 Å². The van der Waals surface area contributed by atoms with Crippen molar-refractivity contribution in [3.63, 3.8) is 0 Å². The molecule has 1 aromatic rings. The number of carbonyl (C=O) groups is 2. The molecule has 0 heterocycles. The maximum absolute atomic E-state index is 12.2. The zero-order valence-electron chi connectivity index (χ0n) is 11.7. The van der Waals surface area contributed by atoms with Gasteiger partial charge in [-0.3, -0.25) is 9.59 Å². The molecule has 0 fully saturated rings. The van der Waals surface area contributed by atoms with Gasteiger partial charge in [0.15, 0.2) is 5.78 Å². The third-order valence-corrected chi connectivity index (χ3v) is 3.92. The van der Waals surface area contributed by atoms with E-state index in [1.54, 1.807) is 19.9 Å². The Morgan fingerprint density at radius 2 is 1.90 bits per heavy atom. The summed E-state index contributed by atoms with van der Waals surface area (Å²) >= 11 is 11.8. The number of ketones is 1. The molecule has 0 saturated heterocycles. The van der Waals surface area contributed by atoms with E-state index in [1.807, 2.05) is 0 Å². The Morgan fingerprint density at radius 3 is 2.33 bits per heavy atom. The van der Waals surface area contributed by atoms with Crippen LogP contribution in [0.15, 0.2) is 12.1 Å². The van der Waals surface area contributed by atoms with Crippen molar-refractivity contribution in [1.29, 1.82) is 5.26 Å². The molecular weight excluding hydrogens is 313 g/mol. The van der Waals surface area contributed by atoms with Crippen LogP contribution in [-0.2, 0) is 4.79 Å². The molecule has 0 aliphatic heterocycles. The van der Waals surface area contributed by atoms with Gasteiger partial charge >= 0.3 is 0 Å². The molecule has 112 valence electrons. The second kappa shape index (κ2) is 6.79. The highest BCUT2D eigenvalue weighted by molar-refractivity contribution is 6.39. The first kappa shape index (κ1) is 17.3. The topological polar surface area (TPSA) is 96.0 Å². The predicted molar refractivity (Wildman–Crippen MR) is 82.3 cm³/mol. The molecule has 5 nitrogen and oxygen atoms in total. The van der Waals surface area contributed by atoms with Gasteiger partial charge in [-0.25, -0.2) is 0 Å². The van der Waals surface area contributed by atoms with Crippen molar-refractivity contribution in [2.75, 3.05) is 5.73 Å². The van der Waals surface area contributed by atoms with Crippen LogP contribution in [0.3, 0.4) is 0 Å². The maximum atomic E-state index is 12.2. The summed E-state index contributed by atoms with van der Waals surface area (Å²) in [6.07, 6.45) is 0.0869. The molecule has 21 heavy (non-hydrogen) atoms. The Bertz CT molecular complexity index is 602. The molecule has 1 amide bonds. The molecule has 0 spiro atoms. The Morgan fingerprint density at radius 1 is 1.38 bits per heavy atom. The summed E-state index contributed by atoms with van der Waals surface area (Å²) in [6.45, 7) is 3.32. The first-order valence-corrected chi connectivity index (χ1v) is 6.98. The van der Waals surface area contributed by atoms with E-state index in [1.165, 1.54) is 12.1 Å². The van der Waals surface area contributed by atoms with E-state index in [0.29, 0.717) is 6.42 Å². The molecule has 1 rings (SSSR count). The quantitative estimate of drug-likeness (QED) is 0.812. The minimum Gasteiger partial charge on any atom is -0.396 e. The number of Topliss-reactive ketones (excluding diaryl/α,β-unsaturated/α-hetero) is 1. The van der Waals surface area contributed by atoms with Crippen molar-refractivity contribution in [3.8, 4) is 6.07 Å². The summed E-state index contributed by atoms with van der Waals surface area (Å²) in [5, 5.41) is 11.6. The largest absolute Gasteiger partial charge is 0.396 e. The Hall–Kier alpha value is -1.77. The molecule has 1 aromatic carbocycles. The fourth-order valence-electron chi connectivity index (χ4n) is 1.66. The summed E-state index contributed by atoms with van der Waals surface area (Å²) < 4.78 is 0. The van der Waals surface area contributed by atoms with Crippen LogP contribution in [0.1, 0.15) is 37.0 Å². The molecule has 0 aliphatic rings. The number of hydrogen-bond donors (Lipinski definition) is 2. The lowest BCUT2D eigenvalue weighted by atomic mass is 9.91. The zero-order chi connectivity index (χ0) is 16.2. The van der Waals surface area contributed by atoms with E-state index >= 15 is 0 Å². The third-order valence-electron chi connectivity index (χ3n) is 3.29. The van der Waals surface area contributed by atoms with Gasteiger partial charge in [-0.2, -0.15) is 5.26 Å². The molecule has 0 bridgehead atoms. The normalized spacial score (nSPS) is 13.1. The van der Waals surface area contributed by atoms with Gasteiger partial charge in [0.1, 0.15) is 0 Å². The maximum Gasteiger partial charge on any atom is 0.252 e. The first-order chi connectivity index (χ1) is 9.75. The van der Waals surface area contributed by atoms with E-state index in [-0.39, 0.29) is 33.5 Å². The number of nitrogens with zero attached hydrogens (tertiary/aromatic N) is 1. The highest BCUT2D eigenvalue weighted by atomic mass is 35.5. The van der Waals surface area contributed by atoms with Crippen LogP contribution < -0.4 is 11.1 Å². The van der Waals surface area contributed by atoms with Crippen LogP contribution in [0.2, 0.25) is 10.0 Å². The van der Waals surface area contributed by atoms with Crippen LogP contribution in [-0.4, -0.2) is 17.2 Å². The van der Waals surface area contributed by atoms with Gasteiger partial charge in [0.2, 0.25) is 0 Å². The number of nitrogen functional groups attached to an aromatic ring is 1. The molecule has 0 aromatic heterocycles. The standard InChI is InChI=1S/C14H15Cl2N3O2/c1-3-14(2,11(20)4-5-17)19-13(21)8-6-9(15)12(18)10(16)7-8/h6-7H,3-4,18H2,1-2H3,(H,19,21). The number of carbonyl (C=O) groups excluding carboxylic acids is 2. The van der Waals surface area contributed by atoms with Gasteiger partial charge in [0, 0.05) is 5.56 Å². The number of benzene rings is 1. The van der Waals surface area contributed by atoms with Crippen LogP contribution in [0.4, 0.5) is 5.69 Å². The molecule has 0 radical (unpaired) electrons. The summed E-state index contributed by atoms with van der Waals surface area (Å²) in [5.74, 6) is -0.858. The molecule has 0 saturated carbocycles. The van der Waals surface area contributed by atoms with Crippen molar-refractivity contribution in [1.82, 2.24) is 5.32 Å². The third kappa shape index (κ3) is 3.87. The van der Waals surface area contributed by atoms with Crippen LogP contribution in [0, 0.1) is 11.3 Å². The van der Waals surface area contributed by atoms with Crippen molar-refractivity contribution in [2.24, 2.45) is 0 Å². The minimum absolute atomic E-state index is 0.161. The van der Waals surface area contributed by atoms with Crippen molar-refractivity contribution in [2.45, 2.75) is 32.2 Å². The summed E-state index contributed by atoms with van der Waals surface area (Å²) in [7, 11) is 0. The van der Waals surface area contributed by atoms with Crippen LogP contribution in [0.5, 0.6) is 0 Å². The second-order valence-electron chi connectivity index (χ2n) is 4.75. The molecule has 1 unspecified atom stereocenters. The molecule has 3 N–H and O–H groups in total. The van der Waals surface area contributed by atoms with E-state index in [4.69, 9.17) is 34.2 Å². The van der Waals surface area contributed by atoms with Crippen molar-refractivity contribution >= 4 is 40.6 Å². The highest BCUT2D eigenvalue weighted by Gasteiger charge is 2.32. The smallest absolute Gasteiger partial charge is 0.252 e. The number of hydrogen-bond acceptors (Lipinski definition) is 4. The Labute approximate surface area is 133 Å². The molecule has 1 atom stereocenters. The minimum atomic E-state index is -1.12.